The minimum atomic E-state index is 0. The van der Waals surface area contributed by atoms with Gasteiger partial charge in [0.05, 0.1) is 0 Å². The zero-order chi connectivity index (χ0) is 15.9. The molecule has 0 N–H and O–H groups in total. The van der Waals surface area contributed by atoms with Crippen LogP contribution in [0.25, 0.3) is 0 Å². The van der Waals surface area contributed by atoms with Crippen LogP contribution in [0.3, 0.4) is 0 Å². The van der Waals surface area contributed by atoms with Gasteiger partial charge in [0.15, 0.2) is 0 Å². The summed E-state index contributed by atoms with van der Waals surface area (Å²) in [6.07, 6.45) is 13.2. The molecule has 0 unspecified atom stereocenters. The molecule has 0 atom stereocenters. The molecule has 0 radical (unpaired) electrons. The monoisotopic (exact) mass is 394 g/mol. The van der Waals surface area contributed by atoms with Crippen molar-refractivity contribution in [2.24, 2.45) is 0 Å². The summed E-state index contributed by atoms with van der Waals surface area (Å²) in [4.78, 5) is 24.0. The average molecular weight is 393 g/mol. The molecular formula is C15H33O3PRu. The summed E-state index contributed by atoms with van der Waals surface area (Å²) in [5, 5.41) is 0. The van der Waals surface area contributed by atoms with Crippen LogP contribution >= 0.6 is 7.92 Å². The van der Waals surface area contributed by atoms with Gasteiger partial charge in [-0.2, -0.15) is 0 Å². The minimum absolute atomic E-state index is 0. The van der Waals surface area contributed by atoms with Crippen molar-refractivity contribution >= 4 is 28.3 Å². The van der Waals surface area contributed by atoms with Gasteiger partial charge < -0.3 is 14.4 Å². The quantitative estimate of drug-likeness (QED) is 0.433. The molecule has 0 aromatic rings. The second-order valence-electron chi connectivity index (χ2n) is 3.90. The van der Waals surface area contributed by atoms with E-state index in [0.29, 0.717) is 7.92 Å². The maximum absolute atomic E-state index is 8.00. The van der Waals surface area contributed by atoms with Crippen LogP contribution in [0, 0.1) is 0 Å². The van der Waals surface area contributed by atoms with Gasteiger partial charge >= 0.3 is 0 Å². The second kappa shape index (κ2) is 42.7. The first-order valence-corrected chi connectivity index (χ1v) is 8.83. The van der Waals surface area contributed by atoms with E-state index in [4.69, 9.17) is 14.4 Å². The Morgan fingerprint density at radius 3 is 0.950 bits per heavy atom. The minimum Gasteiger partial charge on any atom is -0.307 e. The Labute approximate surface area is 140 Å². The second-order valence-corrected chi connectivity index (χ2v) is 6.59. The van der Waals surface area contributed by atoms with E-state index in [1.807, 2.05) is 20.4 Å². The van der Waals surface area contributed by atoms with Crippen molar-refractivity contribution in [2.45, 2.75) is 59.3 Å². The Hall–Kier alpha value is 0.0634. The predicted molar refractivity (Wildman–Crippen MR) is 87.6 cm³/mol. The summed E-state index contributed by atoms with van der Waals surface area (Å²) >= 11 is 0. The van der Waals surface area contributed by atoms with Gasteiger partial charge in [0.2, 0.25) is 0 Å². The number of hydrogen-bond acceptors (Lipinski definition) is 3. The Bertz CT molecular complexity index is 117. The van der Waals surface area contributed by atoms with Gasteiger partial charge in [-0.25, -0.2) is 0 Å². The molecular weight excluding hydrogens is 360 g/mol. The SMILES string of the molecule is C=O.C=O.C=O.CCCCP(CCCC)CCCC.[Ru]. The third-order valence-electron chi connectivity index (χ3n) is 2.48. The first-order valence-electron chi connectivity index (χ1n) is 6.94. The molecule has 0 fully saturated rings. The summed E-state index contributed by atoms with van der Waals surface area (Å²) in [7, 11) is 0.422. The van der Waals surface area contributed by atoms with Crippen LogP contribution in [0.5, 0.6) is 0 Å². The van der Waals surface area contributed by atoms with Crippen LogP contribution in [0.2, 0.25) is 0 Å². The number of unbranched alkanes of at least 4 members (excludes halogenated alkanes) is 3. The summed E-state index contributed by atoms with van der Waals surface area (Å²) in [5.74, 6) is 0. The molecule has 0 saturated carbocycles. The fourth-order valence-corrected chi connectivity index (χ4v) is 4.44. The van der Waals surface area contributed by atoms with Gasteiger partial charge in [-0.3, -0.25) is 0 Å². The van der Waals surface area contributed by atoms with E-state index < -0.39 is 0 Å². The molecule has 5 heteroatoms. The summed E-state index contributed by atoms with van der Waals surface area (Å²) in [6.45, 7) is 12.9. The van der Waals surface area contributed by atoms with Gasteiger partial charge in [-0.05, 0) is 37.7 Å². The maximum Gasteiger partial charge on any atom is 0.106 e. The molecule has 0 rings (SSSR count). The van der Waals surface area contributed by atoms with Crippen LogP contribution < -0.4 is 0 Å². The summed E-state index contributed by atoms with van der Waals surface area (Å²) in [5.41, 5.74) is 0. The predicted octanol–water partition coefficient (Wildman–Crippen LogP) is 4.31. The molecule has 0 aliphatic rings. The molecule has 0 aliphatic heterocycles. The van der Waals surface area contributed by atoms with Crippen molar-refractivity contribution in [2.75, 3.05) is 18.5 Å². The smallest absolute Gasteiger partial charge is 0.106 e. The van der Waals surface area contributed by atoms with Crippen LogP contribution in [0.1, 0.15) is 59.3 Å². The molecule has 0 amide bonds. The van der Waals surface area contributed by atoms with Gasteiger partial charge in [0.25, 0.3) is 0 Å². The number of rotatable bonds is 9. The molecule has 3 nitrogen and oxygen atoms in total. The molecule has 0 aromatic carbocycles. The molecule has 0 spiro atoms. The van der Waals surface area contributed by atoms with E-state index in [2.05, 4.69) is 20.8 Å². The summed E-state index contributed by atoms with van der Waals surface area (Å²) < 4.78 is 0. The van der Waals surface area contributed by atoms with Gasteiger partial charge in [0.1, 0.15) is 20.4 Å². The van der Waals surface area contributed by atoms with Crippen molar-refractivity contribution in [3.05, 3.63) is 0 Å². The third-order valence-corrected chi connectivity index (χ3v) is 5.33. The van der Waals surface area contributed by atoms with Crippen LogP contribution in [-0.4, -0.2) is 38.9 Å². The Morgan fingerprint density at radius 2 is 0.800 bits per heavy atom. The maximum atomic E-state index is 8.00. The molecule has 0 bridgehead atoms. The van der Waals surface area contributed by atoms with E-state index in [9.17, 15) is 0 Å². The Balaban J connectivity index is -0.0000000940. The van der Waals surface area contributed by atoms with Crippen molar-refractivity contribution in [3.8, 4) is 0 Å². The molecule has 124 valence electrons. The molecule has 0 heterocycles. The van der Waals surface area contributed by atoms with Crippen LogP contribution in [0.15, 0.2) is 0 Å². The van der Waals surface area contributed by atoms with Crippen molar-refractivity contribution in [3.63, 3.8) is 0 Å². The van der Waals surface area contributed by atoms with Crippen molar-refractivity contribution in [1.82, 2.24) is 0 Å². The molecule has 0 saturated heterocycles. The number of carbonyl (C=O) groups excluding carboxylic acids is 3. The number of hydrogen-bond donors (Lipinski definition) is 0. The van der Waals surface area contributed by atoms with Gasteiger partial charge in [-0.15, -0.1) is 7.92 Å². The van der Waals surface area contributed by atoms with E-state index in [-0.39, 0.29) is 19.5 Å². The first kappa shape index (κ1) is 32.1. The van der Waals surface area contributed by atoms with Gasteiger partial charge in [-0.1, -0.05) is 40.0 Å². The van der Waals surface area contributed by atoms with E-state index >= 15 is 0 Å². The largest absolute Gasteiger partial charge is 0.307 e. The zero-order valence-corrected chi connectivity index (χ0v) is 16.1. The molecule has 20 heavy (non-hydrogen) atoms. The fourth-order valence-electron chi connectivity index (χ4n) is 1.48. The zero-order valence-electron chi connectivity index (χ0n) is 13.5. The van der Waals surface area contributed by atoms with Crippen LogP contribution in [0.4, 0.5) is 0 Å². The average Bonchev–Trinajstić information content (AvgIpc) is 2.52. The van der Waals surface area contributed by atoms with E-state index in [1.54, 1.807) is 18.5 Å². The topological polar surface area (TPSA) is 51.2 Å². The van der Waals surface area contributed by atoms with Gasteiger partial charge in [0, 0.05) is 19.5 Å². The van der Waals surface area contributed by atoms with E-state index in [0.717, 1.165) is 0 Å². The number of carbonyl (C=O) groups is 3. The molecule has 0 aromatic heterocycles. The Kier molecular flexibility index (Phi) is 68.7. The fraction of sp³-hybridized carbons (Fsp3) is 0.800. The standard InChI is InChI=1S/C12H27P.3CH2O.Ru/c1-4-7-10-13(11-8-5-2)12-9-6-3;3*1-2;/h4-12H2,1-3H3;3*1H2;. The van der Waals surface area contributed by atoms with Crippen molar-refractivity contribution < 1.29 is 33.9 Å². The first-order chi connectivity index (χ1) is 9.35. The van der Waals surface area contributed by atoms with Crippen LogP contribution in [-0.2, 0) is 33.9 Å². The van der Waals surface area contributed by atoms with Crippen molar-refractivity contribution in [1.29, 1.82) is 0 Å². The van der Waals surface area contributed by atoms with E-state index in [1.165, 1.54) is 38.5 Å². The summed E-state index contributed by atoms with van der Waals surface area (Å²) in [6, 6.07) is 0. The third kappa shape index (κ3) is 36.1. The Morgan fingerprint density at radius 1 is 0.600 bits per heavy atom. The normalized spacial score (nSPS) is 7.80. The molecule has 0 aliphatic carbocycles.